The zero-order valence-corrected chi connectivity index (χ0v) is 15.5. The van der Waals surface area contributed by atoms with Crippen LogP contribution in [0, 0.1) is 17.1 Å². The molecule has 0 bridgehead atoms. The van der Waals surface area contributed by atoms with Crippen LogP contribution in [-0.2, 0) is 7.05 Å². The minimum absolute atomic E-state index is 0.185. The Hall–Kier alpha value is -3.01. The van der Waals surface area contributed by atoms with Crippen molar-refractivity contribution in [1.29, 1.82) is 5.41 Å². The molecule has 0 radical (unpaired) electrons. The van der Waals surface area contributed by atoms with Crippen molar-refractivity contribution >= 4 is 22.3 Å². The maximum Gasteiger partial charge on any atom is 0.140 e. The van der Waals surface area contributed by atoms with Gasteiger partial charge in [0.1, 0.15) is 11.5 Å². The second-order valence-electron chi connectivity index (χ2n) is 6.96. The highest BCUT2D eigenvalue weighted by Gasteiger charge is 2.17. The molecule has 1 aliphatic rings. The normalized spacial score (nSPS) is 17.2. The molecule has 1 aliphatic carbocycles. The number of aryl methyl sites for hydroxylation is 1. The molecule has 0 saturated heterocycles. The van der Waals surface area contributed by atoms with Gasteiger partial charge in [0.2, 0.25) is 0 Å². The van der Waals surface area contributed by atoms with Gasteiger partial charge < -0.3 is 9.98 Å². The first-order valence-corrected chi connectivity index (χ1v) is 9.25. The lowest BCUT2D eigenvalue weighted by atomic mass is 9.99. The van der Waals surface area contributed by atoms with E-state index in [9.17, 15) is 4.39 Å². The molecule has 1 atom stereocenters. The molecule has 0 fully saturated rings. The average molecular weight is 359 g/mol. The van der Waals surface area contributed by atoms with Gasteiger partial charge in [-0.3, -0.25) is 0 Å². The Balaban J connectivity index is 1.85. The molecular formula is C23H22FN3. The van der Waals surface area contributed by atoms with Crippen LogP contribution < -0.4 is 0 Å². The molecule has 3 nitrogen and oxygen atoms in total. The lowest BCUT2D eigenvalue weighted by molar-refractivity contribution is 0.628. The second-order valence-corrected chi connectivity index (χ2v) is 6.96. The fraction of sp³-hybridized carbons (Fsp3) is 0.217. The summed E-state index contributed by atoms with van der Waals surface area (Å²) in [7, 11) is 2.01. The Morgan fingerprint density at radius 3 is 2.74 bits per heavy atom. The van der Waals surface area contributed by atoms with E-state index in [1.165, 1.54) is 12.1 Å². The number of aromatic nitrogens is 2. The van der Waals surface area contributed by atoms with Gasteiger partial charge in [-0.1, -0.05) is 31.2 Å². The summed E-state index contributed by atoms with van der Waals surface area (Å²) in [6.07, 6.45) is 9.82. The zero-order chi connectivity index (χ0) is 19.0. The van der Waals surface area contributed by atoms with Crippen LogP contribution in [0.2, 0.25) is 0 Å². The lowest BCUT2D eigenvalue weighted by Crippen LogP contribution is -2.06. The summed E-state index contributed by atoms with van der Waals surface area (Å²) in [4.78, 5) is 4.56. The molecule has 0 amide bonds. The van der Waals surface area contributed by atoms with Crippen molar-refractivity contribution < 1.29 is 4.39 Å². The van der Waals surface area contributed by atoms with Crippen molar-refractivity contribution in [3.63, 3.8) is 0 Å². The van der Waals surface area contributed by atoms with Gasteiger partial charge in [-0.25, -0.2) is 9.37 Å². The lowest BCUT2D eigenvalue weighted by Gasteiger charge is -2.08. The number of rotatable bonds is 3. The van der Waals surface area contributed by atoms with E-state index in [4.69, 9.17) is 5.41 Å². The summed E-state index contributed by atoms with van der Waals surface area (Å²) in [5.74, 6) is -0.0534. The van der Waals surface area contributed by atoms with Crippen LogP contribution in [0.5, 0.6) is 0 Å². The van der Waals surface area contributed by atoms with Gasteiger partial charge in [0.15, 0.2) is 0 Å². The Morgan fingerprint density at radius 2 is 2.00 bits per heavy atom. The van der Waals surface area contributed by atoms with Gasteiger partial charge in [-0.15, -0.1) is 0 Å². The van der Waals surface area contributed by atoms with Crippen LogP contribution in [0.25, 0.3) is 27.7 Å². The molecule has 1 aromatic carbocycles. The number of benzene rings is 1. The van der Waals surface area contributed by atoms with Crippen molar-refractivity contribution in [2.24, 2.45) is 13.0 Å². The van der Waals surface area contributed by atoms with Crippen molar-refractivity contribution in [1.82, 2.24) is 9.55 Å². The molecule has 4 rings (SSSR count). The number of halogens is 1. The number of fused-ring (bicyclic) bond motifs is 1. The summed E-state index contributed by atoms with van der Waals surface area (Å²) >= 11 is 0. The Kier molecular flexibility index (Phi) is 4.48. The average Bonchev–Trinajstić information content (AvgIpc) is 2.89. The maximum absolute atomic E-state index is 13.3. The van der Waals surface area contributed by atoms with E-state index in [1.54, 1.807) is 18.3 Å². The molecule has 0 spiro atoms. The highest BCUT2D eigenvalue weighted by Crippen LogP contribution is 2.33. The molecule has 27 heavy (non-hydrogen) atoms. The topological polar surface area (TPSA) is 41.7 Å². The van der Waals surface area contributed by atoms with Crippen LogP contribution in [-0.4, -0.2) is 15.3 Å². The predicted octanol–water partition coefficient (Wildman–Crippen LogP) is 5.77. The van der Waals surface area contributed by atoms with E-state index >= 15 is 0 Å². The number of allylic oxidation sites excluding steroid dienone is 4. The number of hydrogen-bond donors (Lipinski definition) is 1. The van der Waals surface area contributed by atoms with E-state index < -0.39 is 0 Å². The van der Waals surface area contributed by atoms with E-state index in [2.05, 4.69) is 34.7 Å². The van der Waals surface area contributed by atoms with Crippen LogP contribution >= 0.6 is 0 Å². The summed E-state index contributed by atoms with van der Waals surface area (Å²) in [6, 6.07) is 10.7. The molecular weight excluding hydrogens is 337 g/mol. The highest BCUT2D eigenvalue weighted by molar-refractivity contribution is 6.03. The first-order chi connectivity index (χ1) is 13.1. The Morgan fingerprint density at radius 1 is 1.22 bits per heavy atom. The monoisotopic (exact) mass is 359 g/mol. The molecule has 136 valence electrons. The zero-order valence-electron chi connectivity index (χ0n) is 15.5. The van der Waals surface area contributed by atoms with E-state index in [0.29, 0.717) is 5.71 Å². The highest BCUT2D eigenvalue weighted by atomic mass is 19.1. The Bertz CT molecular complexity index is 1070. The van der Waals surface area contributed by atoms with Gasteiger partial charge in [-0.2, -0.15) is 0 Å². The first kappa shape index (κ1) is 17.4. The van der Waals surface area contributed by atoms with Crippen LogP contribution in [0.3, 0.4) is 0 Å². The van der Waals surface area contributed by atoms with Gasteiger partial charge >= 0.3 is 0 Å². The van der Waals surface area contributed by atoms with Crippen molar-refractivity contribution in [3.05, 3.63) is 72.3 Å². The number of pyridine rings is 1. The molecule has 2 heterocycles. The van der Waals surface area contributed by atoms with E-state index in [0.717, 1.165) is 46.3 Å². The van der Waals surface area contributed by atoms with Crippen molar-refractivity contribution in [2.45, 2.75) is 19.8 Å². The summed E-state index contributed by atoms with van der Waals surface area (Å²) in [6.45, 7) is 2.11. The van der Waals surface area contributed by atoms with Crippen LogP contribution in [0.4, 0.5) is 4.39 Å². The molecule has 2 aromatic heterocycles. The minimum atomic E-state index is -0.239. The number of nitrogens with zero attached hydrogens (tertiary/aromatic N) is 2. The van der Waals surface area contributed by atoms with Crippen molar-refractivity contribution in [2.75, 3.05) is 0 Å². The smallest absolute Gasteiger partial charge is 0.140 e. The Labute approximate surface area is 158 Å². The minimum Gasteiger partial charge on any atom is -0.329 e. The van der Waals surface area contributed by atoms with Gasteiger partial charge in [-0.05, 0) is 59.9 Å². The number of hydrogen-bond acceptors (Lipinski definition) is 2. The van der Waals surface area contributed by atoms with Crippen LogP contribution in [0.15, 0.2) is 60.8 Å². The maximum atomic E-state index is 13.3. The third kappa shape index (κ3) is 3.12. The van der Waals surface area contributed by atoms with Gasteiger partial charge in [0.05, 0.1) is 0 Å². The fourth-order valence-electron chi connectivity index (χ4n) is 3.76. The summed E-state index contributed by atoms with van der Waals surface area (Å²) < 4.78 is 15.4. The van der Waals surface area contributed by atoms with Crippen LogP contribution in [0.1, 0.15) is 25.5 Å². The summed E-state index contributed by atoms with van der Waals surface area (Å²) in [5, 5.41) is 9.42. The predicted molar refractivity (Wildman–Crippen MR) is 109 cm³/mol. The summed E-state index contributed by atoms with van der Waals surface area (Å²) in [5.41, 5.74) is 5.73. The molecule has 1 unspecified atom stereocenters. The van der Waals surface area contributed by atoms with E-state index in [1.807, 2.05) is 19.2 Å². The molecule has 0 aliphatic heterocycles. The molecule has 4 heteroatoms. The first-order valence-electron chi connectivity index (χ1n) is 9.25. The molecule has 0 saturated carbocycles. The standard InChI is InChI=1S/C23H22FN3/c1-3-15-5-4-6-17(13-21(15)25)22-14-20-19(11-12-26-23(20)27(22)2)16-7-9-18(24)10-8-16/h4-5,7-15,25H,3,6H2,1-2H3. The number of nitrogens with one attached hydrogen (secondary N) is 1. The molecule has 1 N–H and O–H groups in total. The van der Waals surface area contributed by atoms with Gasteiger partial charge in [0.25, 0.3) is 0 Å². The fourth-order valence-corrected chi connectivity index (χ4v) is 3.76. The molecule has 3 aromatic rings. The SMILES string of the molecule is CCC1C=CCC(c2cc3c(-c4ccc(F)cc4)ccnc3n2C)=CC1=N. The third-order valence-electron chi connectivity index (χ3n) is 5.29. The third-order valence-corrected chi connectivity index (χ3v) is 5.29. The van der Waals surface area contributed by atoms with E-state index in [-0.39, 0.29) is 11.7 Å². The largest absolute Gasteiger partial charge is 0.329 e. The quantitative estimate of drug-likeness (QED) is 0.593. The van der Waals surface area contributed by atoms with Gasteiger partial charge in [0, 0.05) is 36.0 Å². The van der Waals surface area contributed by atoms with Crippen molar-refractivity contribution in [3.8, 4) is 11.1 Å². The second kappa shape index (κ2) is 6.95.